The predicted octanol–water partition coefficient (Wildman–Crippen LogP) is 6.72. The van der Waals surface area contributed by atoms with Gasteiger partial charge >= 0.3 is 11.9 Å². The van der Waals surface area contributed by atoms with E-state index in [4.69, 9.17) is 4.74 Å². The van der Waals surface area contributed by atoms with Crippen molar-refractivity contribution in [1.82, 2.24) is 9.80 Å². The van der Waals surface area contributed by atoms with Crippen molar-refractivity contribution in [3.63, 3.8) is 0 Å². The van der Waals surface area contributed by atoms with E-state index in [1.54, 1.807) is 18.7 Å². The molecular weight excluding hydrogens is 644 g/mol. The Hall–Kier alpha value is -2.55. The van der Waals surface area contributed by atoms with Crippen molar-refractivity contribution in [2.24, 2.45) is 56.2 Å². The summed E-state index contributed by atoms with van der Waals surface area (Å²) < 4.78 is 6.14. The first kappa shape index (κ1) is 38.2. The summed E-state index contributed by atoms with van der Waals surface area (Å²) in [5, 5.41) is 9.59. The first-order valence-corrected chi connectivity index (χ1v) is 19.8. The van der Waals surface area contributed by atoms with E-state index in [0.29, 0.717) is 31.3 Å². The number of aliphatic carboxylic acids is 1. The van der Waals surface area contributed by atoms with Gasteiger partial charge in [0, 0.05) is 38.0 Å². The molecule has 4 saturated carbocycles. The van der Waals surface area contributed by atoms with E-state index in [0.717, 1.165) is 69.2 Å². The topological polar surface area (TPSA) is 121 Å². The van der Waals surface area contributed by atoms with Gasteiger partial charge < -0.3 is 19.6 Å². The molecule has 0 aromatic heterocycles. The number of piperazine rings is 1. The van der Waals surface area contributed by atoms with Gasteiger partial charge in [-0.15, -0.1) is 0 Å². The van der Waals surface area contributed by atoms with Gasteiger partial charge in [0.25, 0.3) is 5.91 Å². The number of ether oxygens (including phenoxy) is 1. The van der Waals surface area contributed by atoms with Crippen molar-refractivity contribution in [1.29, 1.82) is 0 Å². The summed E-state index contributed by atoms with van der Waals surface area (Å²) in [5.74, 6) is -1.33. The van der Waals surface area contributed by atoms with Crippen molar-refractivity contribution in [3.8, 4) is 0 Å². The minimum absolute atomic E-state index is 0.0101. The molecule has 1 aliphatic heterocycles. The molecule has 0 bridgehead atoms. The summed E-state index contributed by atoms with van der Waals surface area (Å²) in [6.45, 7) is 21.7. The van der Waals surface area contributed by atoms with E-state index in [9.17, 15) is 29.1 Å². The normalized spacial score (nSPS) is 39.5. The van der Waals surface area contributed by atoms with Crippen molar-refractivity contribution in [3.05, 3.63) is 11.1 Å². The average Bonchev–Trinajstić information content (AvgIpc) is 3.35. The Bertz CT molecular complexity index is 1540. The molecule has 1 heterocycles. The SMILES string of the molecule is CC(C)C1=C2[C@H]3CC[C@@H]4[C@@]5(C)CCC(OC(=O)CC(C)(C)C(=O)O)C(C)(C)C5CC[C@@]4(C)[C@]3(C)CC[C@@]2(C(=O)C(=O)N2CCN(C)CC2)CC1=O. The van der Waals surface area contributed by atoms with Crippen LogP contribution in [0.5, 0.6) is 0 Å². The molecule has 9 heteroatoms. The number of rotatable bonds is 7. The number of carbonyl (C=O) groups is 5. The molecular formula is C42H64N2O7. The fourth-order valence-electron chi connectivity index (χ4n) is 13.1. The van der Waals surface area contributed by atoms with Crippen molar-refractivity contribution >= 4 is 29.4 Å². The van der Waals surface area contributed by atoms with Crippen LogP contribution >= 0.6 is 0 Å². The molecule has 0 aromatic rings. The molecule has 0 spiro atoms. The van der Waals surface area contributed by atoms with Crippen LogP contribution in [-0.2, 0) is 28.7 Å². The van der Waals surface area contributed by atoms with Crippen LogP contribution in [0, 0.1) is 56.2 Å². The average molecular weight is 709 g/mol. The number of ketones is 2. The second kappa shape index (κ2) is 12.5. The van der Waals surface area contributed by atoms with E-state index in [2.05, 4.69) is 53.4 Å². The number of hydrogen-bond donors (Lipinski definition) is 1. The highest BCUT2D eigenvalue weighted by molar-refractivity contribution is 6.40. The number of carboxylic acids is 1. The summed E-state index contributed by atoms with van der Waals surface area (Å²) in [4.78, 5) is 71.3. The summed E-state index contributed by atoms with van der Waals surface area (Å²) >= 11 is 0. The third-order valence-corrected chi connectivity index (χ3v) is 16.2. The number of likely N-dealkylation sites (N-methyl/N-ethyl adjacent to an activating group) is 1. The van der Waals surface area contributed by atoms with Crippen molar-refractivity contribution in [2.45, 2.75) is 133 Å². The van der Waals surface area contributed by atoms with Gasteiger partial charge in [0.1, 0.15) is 6.10 Å². The van der Waals surface area contributed by atoms with Gasteiger partial charge in [0.05, 0.1) is 17.3 Å². The molecule has 8 atom stereocenters. The zero-order valence-electron chi connectivity index (χ0n) is 33.1. The van der Waals surface area contributed by atoms with E-state index in [1.807, 2.05) is 7.05 Å². The van der Waals surface area contributed by atoms with Crippen LogP contribution in [0.4, 0.5) is 0 Å². The molecule has 0 radical (unpaired) electrons. The van der Waals surface area contributed by atoms with Gasteiger partial charge in [-0.3, -0.25) is 24.0 Å². The Balaban J connectivity index is 1.30. The fourth-order valence-corrected chi connectivity index (χ4v) is 13.1. The Labute approximate surface area is 305 Å². The lowest BCUT2D eigenvalue weighted by Gasteiger charge is -2.72. The number of allylic oxidation sites excluding steroid dienone is 2. The third kappa shape index (κ3) is 5.59. The molecule has 0 aromatic carbocycles. The van der Waals surface area contributed by atoms with E-state index in [1.165, 1.54) is 0 Å². The molecule has 284 valence electrons. The molecule has 6 rings (SSSR count). The van der Waals surface area contributed by atoms with Crippen LogP contribution in [0.3, 0.4) is 0 Å². The molecule has 5 fully saturated rings. The number of nitrogens with zero attached hydrogens (tertiary/aromatic N) is 2. The number of esters is 1. The lowest BCUT2D eigenvalue weighted by molar-refractivity contribution is -0.233. The van der Waals surface area contributed by atoms with Crippen LogP contribution in [0.15, 0.2) is 11.1 Å². The number of carboxylic acid groups (broad SMARTS) is 1. The first-order valence-electron chi connectivity index (χ1n) is 19.8. The van der Waals surface area contributed by atoms with Crippen LogP contribution in [0.1, 0.15) is 127 Å². The second-order valence-corrected chi connectivity index (χ2v) is 19.9. The highest BCUT2D eigenvalue weighted by atomic mass is 16.5. The van der Waals surface area contributed by atoms with Gasteiger partial charge in [-0.05, 0) is 123 Å². The van der Waals surface area contributed by atoms with Gasteiger partial charge in [-0.25, -0.2) is 0 Å². The highest BCUT2D eigenvalue weighted by Crippen LogP contribution is 2.76. The smallest absolute Gasteiger partial charge is 0.309 e. The minimum Gasteiger partial charge on any atom is -0.481 e. The number of amides is 1. The van der Waals surface area contributed by atoms with Gasteiger partial charge in [-0.2, -0.15) is 0 Å². The zero-order chi connectivity index (χ0) is 37.7. The molecule has 6 aliphatic rings. The largest absolute Gasteiger partial charge is 0.481 e. The summed E-state index contributed by atoms with van der Waals surface area (Å²) in [6, 6.07) is 0. The Morgan fingerprint density at radius 2 is 1.51 bits per heavy atom. The molecule has 51 heavy (non-hydrogen) atoms. The van der Waals surface area contributed by atoms with Gasteiger partial charge in [0.2, 0.25) is 5.78 Å². The summed E-state index contributed by atoms with van der Waals surface area (Å²) in [6.07, 6.45) is 6.67. The Morgan fingerprint density at radius 1 is 0.863 bits per heavy atom. The molecule has 5 aliphatic carbocycles. The standard InChI is InChI=1S/C42H64N2O7/c1-25(2)32-27(45)23-42(34(47)35(48)44-21-19-43(10)20-22-44)18-17-40(8)26(33(32)42)11-12-29-39(7)15-14-30(51-31(46)24-37(3,4)36(49)50)38(5,6)28(39)13-16-41(29,40)9/h25-26,28-30H,11-24H2,1-10H3,(H,49,50)/t26-,28?,29-,30?,39+,40-,41-,42-/m1/s1. The van der Waals surface area contributed by atoms with E-state index >= 15 is 0 Å². The summed E-state index contributed by atoms with van der Waals surface area (Å²) in [7, 11) is 2.04. The maximum Gasteiger partial charge on any atom is 0.309 e. The Kier molecular flexibility index (Phi) is 9.37. The monoisotopic (exact) mass is 708 g/mol. The second-order valence-electron chi connectivity index (χ2n) is 19.9. The molecule has 2 unspecified atom stereocenters. The zero-order valence-corrected chi connectivity index (χ0v) is 33.1. The highest BCUT2D eigenvalue weighted by Gasteiger charge is 2.71. The first-order chi connectivity index (χ1) is 23.6. The molecule has 1 amide bonds. The van der Waals surface area contributed by atoms with Crippen LogP contribution in [0.2, 0.25) is 0 Å². The van der Waals surface area contributed by atoms with Crippen molar-refractivity contribution in [2.75, 3.05) is 33.2 Å². The summed E-state index contributed by atoms with van der Waals surface area (Å²) in [5.41, 5.74) is -0.804. The third-order valence-electron chi connectivity index (χ3n) is 16.2. The maximum absolute atomic E-state index is 14.6. The van der Waals surface area contributed by atoms with Crippen LogP contribution in [-0.4, -0.2) is 83.6 Å². The predicted molar refractivity (Wildman–Crippen MR) is 194 cm³/mol. The molecule has 1 N–H and O–H groups in total. The lowest BCUT2D eigenvalue weighted by atomic mass is 9.33. The van der Waals surface area contributed by atoms with Crippen LogP contribution < -0.4 is 0 Å². The lowest BCUT2D eigenvalue weighted by Crippen LogP contribution is -2.66. The number of fused-ring (bicyclic) bond motifs is 7. The van der Waals surface area contributed by atoms with E-state index in [-0.39, 0.29) is 64.0 Å². The van der Waals surface area contributed by atoms with Crippen LogP contribution in [0.25, 0.3) is 0 Å². The van der Waals surface area contributed by atoms with Crippen molar-refractivity contribution < 1.29 is 33.8 Å². The fraction of sp³-hybridized carbons (Fsp3) is 0.833. The number of Topliss-reactive ketones (excluding diaryl/α,β-unsaturated/α-hetero) is 2. The van der Waals surface area contributed by atoms with Gasteiger partial charge in [-0.1, -0.05) is 48.5 Å². The molecule has 9 nitrogen and oxygen atoms in total. The Morgan fingerprint density at radius 3 is 2.12 bits per heavy atom. The number of carbonyl (C=O) groups excluding carboxylic acids is 4. The van der Waals surface area contributed by atoms with E-state index < -0.39 is 28.7 Å². The minimum atomic E-state index is -1.18. The number of hydrogen-bond acceptors (Lipinski definition) is 7. The van der Waals surface area contributed by atoms with Gasteiger partial charge in [0.15, 0.2) is 5.78 Å². The quantitative estimate of drug-likeness (QED) is 0.229. The maximum atomic E-state index is 14.6. The molecule has 1 saturated heterocycles.